The van der Waals surface area contributed by atoms with Gasteiger partial charge in [-0.3, -0.25) is 4.79 Å². The molecule has 0 saturated heterocycles. The van der Waals surface area contributed by atoms with Crippen molar-refractivity contribution < 1.29 is 14.3 Å². The van der Waals surface area contributed by atoms with Crippen LogP contribution in [0.1, 0.15) is 34.9 Å². The highest BCUT2D eigenvalue weighted by molar-refractivity contribution is 7.09. The van der Waals surface area contributed by atoms with Crippen LogP contribution < -0.4 is 20.5 Å². The quantitative estimate of drug-likeness (QED) is 0.800. The maximum Gasteiger partial charge on any atom is 0.275 e. The normalized spacial score (nSPS) is 15.1. The highest BCUT2D eigenvalue weighted by atomic mass is 35.5. The van der Waals surface area contributed by atoms with Gasteiger partial charge in [0.1, 0.15) is 23.3 Å². The Balaban J connectivity index is 0.00000225. The average molecular weight is 384 g/mol. The summed E-state index contributed by atoms with van der Waals surface area (Å²) in [4.78, 5) is 16.8. The van der Waals surface area contributed by atoms with Gasteiger partial charge in [0.15, 0.2) is 0 Å². The lowest BCUT2D eigenvalue weighted by Crippen LogP contribution is -2.14. The standard InChI is InChI=1S/C17H21N3O3S.ClH/c1-3-22-15-7-11-6-10(2)23-14(11)8-12(15)20-17(21)13-9-24-16(19-13)4-5-18;/h7-10H,3-6,18H2,1-2H3,(H,20,21);1H. The summed E-state index contributed by atoms with van der Waals surface area (Å²) < 4.78 is 11.4. The number of carbonyl (C=O) groups excluding carboxylic acids is 1. The summed E-state index contributed by atoms with van der Waals surface area (Å²) in [5.74, 6) is 1.18. The van der Waals surface area contributed by atoms with Crippen LogP contribution in [0.15, 0.2) is 17.5 Å². The molecule has 25 heavy (non-hydrogen) atoms. The molecule has 3 rings (SSSR count). The van der Waals surface area contributed by atoms with Crippen LogP contribution in [0, 0.1) is 0 Å². The summed E-state index contributed by atoms with van der Waals surface area (Å²) >= 11 is 1.44. The van der Waals surface area contributed by atoms with Crippen LogP contribution in [0.5, 0.6) is 11.5 Å². The van der Waals surface area contributed by atoms with Gasteiger partial charge in [-0.1, -0.05) is 0 Å². The minimum absolute atomic E-state index is 0. The van der Waals surface area contributed by atoms with E-state index in [9.17, 15) is 4.79 Å². The van der Waals surface area contributed by atoms with E-state index in [2.05, 4.69) is 10.3 Å². The zero-order valence-electron chi connectivity index (χ0n) is 14.2. The van der Waals surface area contributed by atoms with E-state index in [-0.39, 0.29) is 24.4 Å². The average Bonchev–Trinajstić information content (AvgIpc) is 3.14. The third kappa shape index (κ3) is 4.42. The molecule has 1 amide bonds. The first-order chi connectivity index (χ1) is 11.6. The van der Waals surface area contributed by atoms with Gasteiger partial charge in [0, 0.05) is 29.9 Å². The predicted molar refractivity (Wildman–Crippen MR) is 101 cm³/mol. The number of anilines is 1. The minimum atomic E-state index is -0.263. The van der Waals surface area contributed by atoms with Gasteiger partial charge in [0.05, 0.1) is 17.3 Å². The number of amides is 1. The molecule has 0 fully saturated rings. The van der Waals surface area contributed by atoms with Gasteiger partial charge in [-0.05, 0) is 26.5 Å². The first kappa shape index (κ1) is 19.5. The molecule has 1 unspecified atom stereocenters. The number of carbonyl (C=O) groups is 1. The van der Waals surface area contributed by atoms with E-state index in [4.69, 9.17) is 15.2 Å². The van der Waals surface area contributed by atoms with E-state index in [1.807, 2.05) is 26.0 Å². The Morgan fingerprint density at radius 2 is 2.32 bits per heavy atom. The van der Waals surface area contributed by atoms with Crippen LogP contribution in [0.2, 0.25) is 0 Å². The second-order valence-electron chi connectivity index (χ2n) is 5.64. The Kier molecular flexibility index (Phi) is 6.64. The molecule has 0 aliphatic carbocycles. The molecule has 1 atom stereocenters. The van der Waals surface area contributed by atoms with Crippen LogP contribution >= 0.6 is 23.7 Å². The number of nitrogens with zero attached hydrogens (tertiary/aromatic N) is 1. The lowest BCUT2D eigenvalue weighted by atomic mass is 10.1. The molecule has 2 aromatic rings. The third-order valence-electron chi connectivity index (χ3n) is 3.69. The molecule has 136 valence electrons. The largest absolute Gasteiger partial charge is 0.492 e. The second-order valence-corrected chi connectivity index (χ2v) is 6.58. The zero-order chi connectivity index (χ0) is 17.1. The van der Waals surface area contributed by atoms with Crippen molar-refractivity contribution >= 4 is 35.3 Å². The summed E-state index contributed by atoms with van der Waals surface area (Å²) in [7, 11) is 0. The summed E-state index contributed by atoms with van der Waals surface area (Å²) in [6, 6.07) is 3.77. The van der Waals surface area contributed by atoms with Crippen molar-refractivity contribution in [3.05, 3.63) is 33.8 Å². The zero-order valence-corrected chi connectivity index (χ0v) is 15.8. The fraction of sp³-hybridized carbons (Fsp3) is 0.412. The van der Waals surface area contributed by atoms with Crippen LogP contribution in [-0.4, -0.2) is 30.1 Å². The number of fused-ring (bicyclic) bond motifs is 1. The topological polar surface area (TPSA) is 86.5 Å². The van der Waals surface area contributed by atoms with E-state index < -0.39 is 0 Å². The maximum absolute atomic E-state index is 12.5. The van der Waals surface area contributed by atoms with Crippen molar-refractivity contribution in [2.45, 2.75) is 32.8 Å². The van der Waals surface area contributed by atoms with Crippen molar-refractivity contribution in [1.82, 2.24) is 4.98 Å². The van der Waals surface area contributed by atoms with Gasteiger partial charge < -0.3 is 20.5 Å². The van der Waals surface area contributed by atoms with Crippen LogP contribution in [0.25, 0.3) is 0 Å². The van der Waals surface area contributed by atoms with Crippen molar-refractivity contribution in [3.8, 4) is 11.5 Å². The number of halogens is 1. The van der Waals surface area contributed by atoms with Crippen molar-refractivity contribution in [3.63, 3.8) is 0 Å². The first-order valence-electron chi connectivity index (χ1n) is 8.03. The van der Waals surface area contributed by atoms with Gasteiger partial charge in [-0.15, -0.1) is 23.7 Å². The molecule has 2 heterocycles. The molecule has 0 bridgehead atoms. The lowest BCUT2D eigenvalue weighted by molar-refractivity contribution is 0.102. The van der Waals surface area contributed by atoms with Gasteiger partial charge in [-0.25, -0.2) is 4.98 Å². The third-order valence-corrected chi connectivity index (χ3v) is 4.60. The van der Waals surface area contributed by atoms with E-state index in [0.29, 0.717) is 36.7 Å². The van der Waals surface area contributed by atoms with E-state index in [1.165, 1.54) is 11.3 Å². The molecule has 0 saturated carbocycles. The highest BCUT2D eigenvalue weighted by Gasteiger charge is 2.23. The second kappa shape index (κ2) is 8.51. The fourth-order valence-corrected chi connectivity index (χ4v) is 3.45. The molecule has 1 aromatic heterocycles. The Morgan fingerprint density at radius 3 is 3.04 bits per heavy atom. The van der Waals surface area contributed by atoms with Crippen LogP contribution in [0.3, 0.4) is 0 Å². The summed E-state index contributed by atoms with van der Waals surface area (Å²) in [5.41, 5.74) is 7.61. The molecule has 1 aliphatic rings. The van der Waals surface area contributed by atoms with Gasteiger partial charge >= 0.3 is 0 Å². The Morgan fingerprint density at radius 1 is 1.52 bits per heavy atom. The van der Waals surface area contributed by atoms with Crippen molar-refractivity contribution in [2.75, 3.05) is 18.5 Å². The number of nitrogens with two attached hydrogens (primary N) is 1. The number of benzene rings is 1. The predicted octanol–water partition coefficient (Wildman–Crippen LogP) is 3.04. The van der Waals surface area contributed by atoms with Gasteiger partial charge in [0.2, 0.25) is 0 Å². The number of rotatable bonds is 6. The Hall–Kier alpha value is -1.83. The van der Waals surface area contributed by atoms with Gasteiger partial charge in [-0.2, -0.15) is 0 Å². The smallest absolute Gasteiger partial charge is 0.275 e. The van der Waals surface area contributed by atoms with Gasteiger partial charge in [0.25, 0.3) is 5.91 Å². The summed E-state index contributed by atoms with van der Waals surface area (Å²) in [5, 5.41) is 5.48. The Bertz CT molecular complexity index is 751. The van der Waals surface area contributed by atoms with E-state index in [0.717, 1.165) is 22.7 Å². The number of thiazole rings is 1. The summed E-state index contributed by atoms with van der Waals surface area (Å²) in [6.45, 7) is 4.98. The van der Waals surface area contributed by atoms with Crippen molar-refractivity contribution in [2.24, 2.45) is 5.73 Å². The first-order valence-corrected chi connectivity index (χ1v) is 8.90. The molecule has 1 aliphatic heterocycles. The van der Waals surface area contributed by atoms with Crippen molar-refractivity contribution in [1.29, 1.82) is 0 Å². The highest BCUT2D eigenvalue weighted by Crippen LogP contribution is 2.38. The maximum atomic E-state index is 12.5. The van der Waals surface area contributed by atoms with Crippen LogP contribution in [-0.2, 0) is 12.8 Å². The number of hydrogen-bond acceptors (Lipinski definition) is 6. The molecule has 6 nitrogen and oxygen atoms in total. The fourth-order valence-electron chi connectivity index (χ4n) is 2.65. The molecule has 3 N–H and O–H groups in total. The molecule has 8 heteroatoms. The number of hydrogen-bond donors (Lipinski definition) is 2. The number of ether oxygens (including phenoxy) is 2. The molecular weight excluding hydrogens is 362 g/mol. The monoisotopic (exact) mass is 383 g/mol. The summed E-state index contributed by atoms with van der Waals surface area (Å²) in [6.07, 6.45) is 1.66. The minimum Gasteiger partial charge on any atom is -0.492 e. The molecular formula is C17H22ClN3O3S. The van der Waals surface area contributed by atoms with E-state index in [1.54, 1.807) is 5.38 Å². The SMILES string of the molecule is CCOc1cc2c(cc1NC(=O)c1csc(CCN)n1)OC(C)C2.Cl. The molecule has 1 aromatic carbocycles. The number of aromatic nitrogens is 1. The van der Waals surface area contributed by atoms with E-state index >= 15 is 0 Å². The number of nitrogens with one attached hydrogen (secondary N) is 1. The molecule has 0 radical (unpaired) electrons. The Labute approximate surface area is 157 Å². The van der Waals surface area contributed by atoms with Crippen LogP contribution in [0.4, 0.5) is 5.69 Å². The lowest BCUT2D eigenvalue weighted by Gasteiger charge is -2.13. The molecule has 0 spiro atoms.